The number of benzene rings is 2. The van der Waals surface area contributed by atoms with Crippen LogP contribution in [0.4, 0.5) is 17.2 Å². The van der Waals surface area contributed by atoms with Crippen LogP contribution in [0.5, 0.6) is 0 Å². The third-order valence-corrected chi connectivity index (χ3v) is 4.43. The lowest BCUT2D eigenvalue weighted by atomic mass is 10.0. The van der Waals surface area contributed by atoms with Crippen LogP contribution in [0.25, 0.3) is 0 Å². The zero-order chi connectivity index (χ0) is 19.2. The maximum Gasteiger partial charge on any atom is 0.228 e. The number of hydrogen-bond donors (Lipinski definition) is 2. The van der Waals surface area contributed by atoms with Gasteiger partial charge < -0.3 is 10.6 Å². The number of nitrogens with zero attached hydrogens (tertiary/aromatic N) is 1. The summed E-state index contributed by atoms with van der Waals surface area (Å²) in [4.78, 5) is 16.5. The molecule has 0 aliphatic rings. The molecule has 3 aromatic rings. The number of carbonyl (C=O) groups excluding carboxylic acids is 1. The Bertz CT molecular complexity index is 888. The highest BCUT2D eigenvalue weighted by molar-refractivity contribution is 6.30. The normalized spacial score (nSPS) is 10.7. The van der Waals surface area contributed by atoms with Crippen molar-refractivity contribution in [3.05, 3.63) is 83.0 Å². The van der Waals surface area contributed by atoms with Crippen LogP contribution in [0.2, 0.25) is 5.02 Å². The molecule has 0 bridgehead atoms. The fourth-order valence-electron chi connectivity index (χ4n) is 2.63. The van der Waals surface area contributed by atoms with Crippen LogP contribution in [0.15, 0.2) is 66.9 Å². The van der Waals surface area contributed by atoms with E-state index in [1.165, 1.54) is 5.56 Å². The summed E-state index contributed by atoms with van der Waals surface area (Å²) in [5, 5.41) is 6.77. The number of rotatable bonds is 6. The molecule has 1 aromatic heterocycles. The molecule has 0 radical (unpaired) electrons. The smallest absolute Gasteiger partial charge is 0.228 e. The Morgan fingerprint density at radius 1 is 0.963 bits per heavy atom. The number of amides is 1. The van der Waals surface area contributed by atoms with Crippen LogP contribution in [0.3, 0.4) is 0 Å². The second kappa shape index (κ2) is 8.69. The van der Waals surface area contributed by atoms with Crippen LogP contribution in [-0.4, -0.2) is 10.9 Å². The second-order valence-electron chi connectivity index (χ2n) is 6.69. The maximum absolute atomic E-state index is 12.1. The minimum Gasteiger partial charge on any atom is -0.340 e. The quantitative estimate of drug-likeness (QED) is 0.570. The van der Waals surface area contributed by atoms with Crippen molar-refractivity contribution in [1.29, 1.82) is 0 Å². The highest BCUT2D eigenvalue weighted by atomic mass is 35.5. The Hall–Kier alpha value is -2.85. The van der Waals surface area contributed by atoms with Crippen LogP contribution in [0, 0.1) is 0 Å². The molecule has 138 valence electrons. The van der Waals surface area contributed by atoms with Gasteiger partial charge in [-0.15, -0.1) is 0 Å². The van der Waals surface area contributed by atoms with Crippen molar-refractivity contribution in [1.82, 2.24) is 4.98 Å². The molecule has 0 unspecified atom stereocenters. The van der Waals surface area contributed by atoms with E-state index in [0.717, 1.165) is 17.1 Å². The Morgan fingerprint density at radius 3 is 2.22 bits per heavy atom. The number of carbonyl (C=O) groups is 1. The average Bonchev–Trinajstić information content (AvgIpc) is 2.66. The van der Waals surface area contributed by atoms with Crippen LogP contribution >= 0.6 is 11.6 Å². The zero-order valence-electron chi connectivity index (χ0n) is 15.4. The molecule has 0 aliphatic carbocycles. The number of nitrogens with one attached hydrogen (secondary N) is 2. The molecule has 0 saturated carbocycles. The highest BCUT2D eigenvalue weighted by Crippen LogP contribution is 2.20. The van der Waals surface area contributed by atoms with E-state index in [-0.39, 0.29) is 5.91 Å². The van der Waals surface area contributed by atoms with Gasteiger partial charge in [0.05, 0.1) is 18.3 Å². The lowest BCUT2D eigenvalue weighted by molar-refractivity contribution is -0.115. The first kappa shape index (κ1) is 18.9. The molecule has 5 heteroatoms. The molecule has 2 aromatic carbocycles. The predicted octanol–water partition coefficient (Wildman–Crippen LogP) is 5.78. The first-order valence-electron chi connectivity index (χ1n) is 8.87. The van der Waals surface area contributed by atoms with Gasteiger partial charge in [-0.25, -0.2) is 4.98 Å². The van der Waals surface area contributed by atoms with E-state index in [2.05, 4.69) is 41.6 Å². The fourth-order valence-corrected chi connectivity index (χ4v) is 2.76. The molecule has 0 fully saturated rings. The third-order valence-electron chi connectivity index (χ3n) is 4.17. The molecule has 27 heavy (non-hydrogen) atoms. The summed E-state index contributed by atoms with van der Waals surface area (Å²) in [6, 6.07) is 19.2. The summed E-state index contributed by atoms with van der Waals surface area (Å²) in [7, 11) is 0. The Kier molecular flexibility index (Phi) is 6.09. The average molecular weight is 380 g/mol. The van der Waals surface area contributed by atoms with Crippen LogP contribution < -0.4 is 10.6 Å². The largest absolute Gasteiger partial charge is 0.340 e. The van der Waals surface area contributed by atoms with Gasteiger partial charge in [0.15, 0.2) is 0 Å². The van der Waals surface area contributed by atoms with Crippen LogP contribution in [-0.2, 0) is 11.2 Å². The van der Waals surface area contributed by atoms with Gasteiger partial charge in [0.25, 0.3) is 0 Å². The molecular weight excluding hydrogens is 358 g/mol. The standard InChI is InChI=1S/C22H22ClN3O/c1-15(2)17-5-9-19(10-6-17)25-21-12-11-20(14-24-21)26-22(27)13-16-3-7-18(23)8-4-16/h3-12,14-15H,13H2,1-2H3,(H,24,25)(H,26,27). The SMILES string of the molecule is CC(C)c1ccc(Nc2ccc(NC(=O)Cc3ccc(Cl)cc3)cn2)cc1. The predicted molar refractivity (Wildman–Crippen MR) is 112 cm³/mol. The van der Waals surface area contributed by atoms with E-state index < -0.39 is 0 Å². The molecule has 3 rings (SSSR count). The van der Waals surface area contributed by atoms with Crippen molar-refractivity contribution < 1.29 is 4.79 Å². The van der Waals surface area contributed by atoms with Crippen molar-refractivity contribution in [2.24, 2.45) is 0 Å². The first-order chi connectivity index (χ1) is 13.0. The molecule has 2 N–H and O–H groups in total. The van der Waals surface area contributed by atoms with Crippen molar-refractivity contribution in [3.8, 4) is 0 Å². The van der Waals surface area contributed by atoms with E-state index in [1.807, 2.05) is 36.4 Å². The molecule has 0 atom stereocenters. The molecule has 0 aliphatic heterocycles. The van der Waals surface area contributed by atoms with Crippen molar-refractivity contribution >= 4 is 34.7 Å². The number of aromatic nitrogens is 1. The minimum absolute atomic E-state index is 0.0934. The van der Waals surface area contributed by atoms with Gasteiger partial charge in [0.2, 0.25) is 5.91 Å². The van der Waals surface area contributed by atoms with Crippen molar-refractivity contribution in [3.63, 3.8) is 0 Å². The summed E-state index contributed by atoms with van der Waals surface area (Å²) in [6.45, 7) is 4.34. The molecule has 1 amide bonds. The van der Waals surface area contributed by atoms with E-state index in [0.29, 0.717) is 23.0 Å². The summed E-state index contributed by atoms with van der Waals surface area (Å²) in [5.41, 5.74) is 3.85. The lowest BCUT2D eigenvalue weighted by Gasteiger charge is -2.10. The Balaban J connectivity index is 1.56. The first-order valence-corrected chi connectivity index (χ1v) is 9.25. The number of hydrogen-bond acceptors (Lipinski definition) is 3. The van der Waals surface area contributed by atoms with Gasteiger partial charge in [-0.1, -0.05) is 49.7 Å². The molecule has 1 heterocycles. The number of anilines is 3. The Labute approximate surface area is 164 Å². The zero-order valence-corrected chi connectivity index (χ0v) is 16.1. The molecular formula is C22H22ClN3O. The number of pyridine rings is 1. The van der Waals surface area contributed by atoms with Crippen LogP contribution in [0.1, 0.15) is 30.9 Å². The van der Waals surface area contributed by atoms with Crippen molar-refractivity contribution in [2.75, 3.05) is 10.6 Å². The van der Waals surface area contributed by atoms with Gasteiger partial charge in [-0.3, -0.25) is 4.79 Å². The topological polar surface area (TPSA) is 54.0 Å². The van der Waals surface area contributed by atoms with Gasteiger partial charge in [0, 0.05) is 10.7 Å². The monoisotopic (exact) mass is 379 g/mol. The van der Waals surface area contributed by atoms with Gasteiger partial charge in [-0.2, -0.15) is 0 Å². The highest BCUT2D eigenvalue weighted by Gasteiger charge is 2.05. The van der Waals surface area contributed by atoms with Gasteiger partial charge in [-0.05, 0) is 53.4 Å². The maximum atomic E-state index is 12.1. The molecule has 0 saturated heterocycles. The van der Waals surface area contributed by atoms with E-state index in [4.69, 9.17) is 11.6 Å². The second-order valence-corrected chi connectivity index (χ2v) is 7.12. The fraction of sp³-hybridized carbons (Fsp3) is 0.182. The third kappa shape index (κ3) is 5.56. The Morgan fingerprint density at radius 2 is 1.63 bits per heavy atom. The lowest BCUT2D eigenvalue weighted by Crippen LogP contribution is -2.14. The molecule has 0 spiro atoms. The van der Waals surface area contributed by atoms with E-state index in [1.54, 1.807) is 18.3 Å². The van der Waals surface area contributed by atoms with Crippen molar-refractivity contribution in [2.45, 2.75) is 26.2 Å². The summed E-state index contributed by atoms with van der Waals surface area (Å²) >= 11 is 5.86. The molecule has 4 nitrogen and oxygen atoms in total. The number of halogens is 1. The van der Waals surface area contributed by atoms with E-state index in [9.17, 15) is 4.79 Å². The minimum atomic E-state index is -0.0934. The summed E-state index contributed by atoms with van der Waals surface area (Å²) in [5.74, 6) is 1.14. The summed E-state index contributed by atoms with van der Waals surface area (Å²) < 4.78 is 0. The van der Waals surface area contributed by atoms with E-state index >= 15 is 0 Å². The summed E-state index contributed by atoms with van der Waals surface area (Å²) in [6.07, 6.45) is 1.93. The van der Waals surface area contributed by atoms with Gasteiger partial charge >= 0.3 is 0 Å². The van der Waals surface area contributed by atoms with Gasteiger partial charge in [0.1, 0.15) is 5.82 Å².